The topological polar surface area (TPSA) is 237 Å². The van der Waals surface area contributed by atoms with E-state index in [1.807, 2.05) is 133 Å². The van der Waals surface area contributed by atoms with Crippen molar-refractivity contribution < 1.29 is 0 Å². The summed E-state index contributed by atoms with van der Waals surface area (Å²) in [4.78, 5) is 5.56. The fourth-order valence-electron chi connectivity index (χ4n) is 12.6. The highest BCUT2D eigenvalue weighted by Crippen LogP contribution is 2.46. The molecule has 3 heterocycles. The van der Waals surface area contributed by atoms with Crippen molar-refractivity contribution in [2.45, 2.75) is 0 Å². The van der Waals surface area contributed by atoms with Crippen LogP contribution in [0.5, 0.6) is 0 Å². The normalized spacial score (nSPS) is 10.7. The van der Waals surface area contributed by atoms with E-state index in [0.717, 1.165) is 38.2 Å². The van der Waals surface area contributed by atoms with Crippen molar-refractivity contribution in [3.63, 3.8) is 0 Å². The Bertz CT molecular complexity index is 5380. The monoisotopic (exact) mass is 1170 g/mol. The van der Waals surface area contributed by atoms with Gasteiger partial charge in [-0.25, -0.2) is 4.98 Å². The molecule has 0 aliphatic heterocycles. The lowest BCUT2D eigenvalue weighted by molar-refractivity contribution is 1.12. The highest BCUT2D eigenvalue weighted by Gasteiger charge is 2.27. The van der Waals surface area contributed by atoms with Gasteiger partial charge in [-0.05, 0) is 177 Å². The summed E-state index contributed by atoms with van der Waals surface area (Å²) in [5.41, 5.74) is 17.0. The molecule has 14 rings (SSSR count). The number of pyridine rings is 1. The molecular weight excluding hydrogens is 1130 g/mol. The number of hydrogen-bond acceptors (Lipinski definition) is 10. The zero-order valence-electron chi connectivity index (χ0n) is 48.3. The minimum absolute atomic E-state index is 0.304. The van der Waals surface area contributed by atoms with Crippen LogP contribution in [0.15, 0.2) is 231 Å². The molecule has 0 bridgehead atoms. The first-order chi connectivity index (χ1) is 45.2. The van der Waals surface area contributed by atoms with Crippen molar-refractivity contribution in [3.8, 4) is 144 Å². The van der Waals surface area contributed by atoms with Gasteiger partial charge in [0, 0.05) is 32.7 Å². The van der Waals surface area contributed by atoms with Gasteiger partial charge >= 0.3 is 0 Å². The summed E-state index contributed by atoms with van der Waals surface area (Å²) in [7, 11) is 0. The van der Waals surface area contributed by atoms with Crippen LogP contribution >= 0.6 is 0 Å². The lowest BCUT2D eigenvalue weighted by atomic mass is 9.95. The molecule has 0 N–H and O–H groups in total. The van der Waals surface area contributed by atoms with E-state index in [1.54, 1.807) is 72.8 Å². The molecule has 0 aliphatic rings. The molecule has 0 fully saturated rings. The summed E-state index contributed by atoms with van der Waals surface area (Å²) < 4.78 is 4.23. The van der Waals surface area contributed by atoms with Crippen molar-refractivity contribution in [2.75, 3.05) is 0 Å². The fourth-order valence-corrected chi connectivity index (χ4v) is 12.6. The first kappa shape index (κ1) is 55.5. The third-order valence-electron chi connectivity index (χ3n) is 16.9. The van der Waals surface area contributed by atoms with Gasteiger partial charge in [-0.2, -0.15) is 47.4 Å². The average molecular weight is 1170 g/mol. The molecular formula is C80H38N12. The number of benzene rings is 11. The maximum Gasteiger partial charge on any atom is 0.0998 e. The summed E-state index contributed by atoms with van der Waals surface area (Å²) in [6.07, 6.45) is 0. The lowest BCUT2D eigenvalue weighted by Crippen LogP contribution is -2.06. The predicted molar refractivity (Wildman–Crippen MR) is 353 cm³/mol. The highest BCUT2D eigenvalue weighted by atomic mass is 15.0. The zero-order chi connectivity index (χ0) is 63.1. The molecule has 12 heteroatoms. The van der Waals surface area contributed by atoms with Crippen molar-refractivity contribution in [1.29, 1.82) is 47.4 Å². The van der Waals surface area contributed by atoms with Crippen LogP contribution in [0.3, 0.4) is 0 Å². The van der Waals surface area contributed by atoms with Gasteiger partial charge in [0.2, 0.25) is 0 Å². The lowest BCUT2D eigenvalue weighted by Gasteiger charge is -2.21. The number of nitrogens with zero attached hydrogens (tertiary/aromatic N) is 12. The van der Waals surface area contributed by atoms with Gasteiger partial charge < -0.3 is 9.13 Å². The molecule has 0 saturated heterocycles. The van der Waals surface area contributed by atoms with Crippen LogP contribution in [0.25, 0.3) is 133 Å². The first-order valence-electron chi connectivity index (χ1n) is 28.8. The maximum atomic E-state index is 11.4. The standard InChI is InChI=1S/C80H38N12/c81-39-48-9-21-64(60(29-48)44-86)56-17-25-74-68(35-56)69-36-57(65-22-10-49(40-82)30-61(65)45-87)18-26-75(69)91(74)78-33-52(43-85)34-79(80(78)73-8-4-7-72(90-73)55-15-13-54(14-16-55)53-5-2-1-3-6-53)92-76-27-19-58(66-23-11-50(41-83)31-62(66)46-88)37-70(76)71-38-59(20-28-77(71)92)67-24-12-51(42-84)32-63(67)47-89/h1-38H. The number of rotatable bonds is 9. The minimum Gasteiger partial charge on any atom is -0.308 e. The van der Waals surface area contributed by atoms with Crippen molar-refractivity contribution in [3.05, 3.63) is 281 Å². The van der Waals surface area contributed by atoms with E-state index >= 15 is 0 Å². The van der Waals surface area contributed by atoms with Crippen LogP contribution in [0, 0.1) is 102 Å². The van der Waals surface area contributed by atoms with E-state index in [9.17, 15) is 47.4 Å². The van der Waals surface area contributed by atoms with Gasteiger partial charge in [0.05, 0.1) is 150 Å². The molecule has 418 valence electrons. The Balaban J connectivity index is 1.10. The molecule has 12 nitrogen and oxygen atoms in total. The zero-order valence-corrected chi connectivity index (χ0v) is 48.3. The van der Waals surface area contributed by atoms with Crippen LogP contribution in [-0.2, 0) is 0 Å². The van der Waals surface area contributed by atoms with E-state index in [1.165, 1.54) is 0 Å². The van der Waals surface area contributed by atoms with Crippen LogP contribution < -0.4 is 0 Å². The molecule has 0 saturated carbocycles. The molecule has 0 radical (unpaired) electrons. The summed E-state index contributed by atoms with van der Waals surface area (Å²) in [6.45, 7) is 0. The molecule has 0 spiro atoms. The van der Waals surface area contributed by atoms with Crippen molar-refractivity contribution in [1.82, 2.24) is 14.1 Å². The van der Waals surface area contributed by atoms with Gasteiger partial charge in [-0.3, -0.25) is 0 Å². The highest BCUT2D eigenvalue weighted by molar-refractivity contribution is 6.15. The Morgan fingerprint density at radius 2 is 0.554 bits per heavy atom. The summed E-state index contributed by atoms with van der Waals surface area (Å²) in [5.74, 6) is 0. The number of aromatic nitrogens is 3. The van der Waals surface area contributed by atoms with Crippen molar-refractivity contribution in [2.24, 2.45) is 0 Å². The average Bonchev–Trinajstić information content (AvgIpc) is 1.54. The number of nitriles is 9. The Hall–Kier alpha value is -14.4. The SMILES string of the molecule is N#Cc1ccc(-c2ccc3c(c2)c2cc(-c4ccc(C#N)cc4C#N)ccc2n3-c2cc(C#N)cc(-n3c4ccc(-c5ccc(C#N)cc5C#N)cc4c4cc(-c5ccc(C#N)cc5C#N)ccc43)c2-c2cccc(-c3ccc(-c4ccccc4)cc3)n2)c(C#N)c1. The Morgan fingerprint density at radius 3 is 0.891 bits per heavy atom. The fraction of sp³-hybridized carbons (Fsp3) is 0. The molecule has 0 amide bonds. The quantitative estimate of drug-likeness (QED) is 0.132. The third kappa shape index (κ3) is 9.39. The van der Waals surface area contributed by atoms with E-state index in [2.05, 4.69) is 88.0 Å². The van der Waals surface area contributed by atoms with E-state index in [-0.39, 0.29) is 0 Å². The van der Waals surface area contributed by atoms with Gasteiger partial charge in [-0.1, -0.05) is 109 Å². The Morgan fingerprint density at radius 1 is 0.239 bits per heavy atom. The van der Waals surface area contributed by atoms with Gasteiger partial charge in [0.1, 0.15) is 0 Å². The molecule has 0 unspecified atom stereocenters. The largest absolute Gasteiger partial charge is 0.308 e. The Kier molecular flexibility index (Phi) is 13.7. The molecule has 3 aromatic heterocycles. The predicted octanol–water partition coefficient (Wildman–Crippen LogP) is 17.8. The molecule has 0 aliphatic carbocycles. The van der Waals surface area contributed by atoms with Crippen LogP contribution in [-0.4, -0.2) is 14.1 Å². The summed E-state index contributed by atoms with van der Waals surface area (Å²) in [5, 5.41) is 95.7. The summed E-state index contributed by atoms with van der Waals surface area (Å²) in [6, 6.07) is 92.0. The second kappa shape index (κ2) is 22.8. The molecule has 92 heavy (non-hydrogen) atoms. The van der Waals surface area contributed by atoms with Gasteiger partial charge in [0.15, 0.2) is 0 Å². The van der Waals surface area contributed by atoms with E-state index in [4.69, 9.17) is 4.98 Å². The van der Waals surface area contributed by atoms with Gasteiger partial charge in [-0.15, -0.1) is 0 Å². The maximum absolute atomic E-state index is 11.4. The third-order valence-corrected chi connectivity index (χ3v) is 16.9. The molecule has 0 atom stereocenters. The second-order valence-electron chi connectivity index (χ2n) is 21.9. The Labute approximate surface area is 527 Å². The minimum atomic E-state index is 0.304. The second-order valence-corrected chi connectivity index (χ2v) is 21.9. The van der Waals surface area contributed by atoms with Crippen molar-refractivity contribution >= 4 is 43.6 Å². The number of fused-ring (bicyclic) bond motifs is 6. The summed E-state index contributed by atoms with van der Waals surface area (Å²) >= 11 is 0. The van der Waals surface area contributed by atoms with E-state index < -0.39 is 0 Å². The molecule has 11 aromatic carbocycles. The first-order valence-corrected chi connectivity index (χ1v) is 28.8. The van der Waals surface area contributed by atoms with Crippen LogP contribution in [0.1, 0.15) is 50.1 Å². The van der Waals surface area contributed by atoms with Gasteiger partial charge in [0.25, 0.3) is 0 Å². The smallest absolute Gasteiger partial charge is 0.0998 e. The number of hydrogen-bond donors (Lipinski definition) is 0. The van der Waals surface area contributed by atoms with E-state index in [0.29, 0.717) is 145 Å². The van der Waals surface area contributed by atoms with Crippen LogP contribution in [0.2, 0.25) is 0 Å². The van der Waals surface area contributed by atoms with Crippen LogP contribution in [0.4, 0.5) is 0 Å². The molecule has 14 aromatic rings.